The summed E-state index contributed by atoms with van der Waals surface area (Å²) in [6.07, 6.45) is 0. The van der Waals surface area contributed by atoms with Crippen molar-refractivity contribution in [2.45, 2.75) is 5.41 Å². The van der Waals surface area contributed by atoms with Crippen LogP contribution in [0.15, 0.2) is 194 Å². The van der Waals surface area contributed by atoms with Gasteiger partial charge in [-0.25, -0.2) is 0 Å². The van der Waals surface area contributed by atoms with Crippen LogP contribution in [0.5, 0.6) is 0 Å². The summed E-state index contributed by atoms with van der Waals surface area (Å²) in [5.41, 5.74) is 12.3. The zero-order valence-corrected chi connectivity index (χ0v) is 28.0. The van der Waals surface area contributed by atoms with Gasteiger partial charge in [0.1, 0.15) is 0 Å². The Labute approximate surface area is 297 Å². The van der Waals surface area contributed by atoms with Crippen molar-refractivity contribution in [1.29, 1.82) is 0 Å². The fourth-order valence-electron chi connectivity index (χ4n) is 9.23. The van der Waals surface area contributed by atoms with Crippen LogP contribution in [-0.2, 0) is 5.41 Å². The van der Waals surface area contributed by atoms with Crippen molar-refractivity contribution in [1.82, 2.24) is 0 Å². The topological polar surface area (TPSA) is 0 Å². The monoisotopic (exact) mass is 644 g/mol. The molecule has 0 N–H and O–H groups in total. The van der Waals surface area contributed by atoms with Gasteiger partial charge in [-0.05, 0) is 129 Å². The molecule has 51 heavy (non-hydrogen) atoms. The molecule has 0 saturated heterocycles. The van der Waals surface area contributed by atoms with Crippen LogP contribution in [0.4, 0.5) is 0 Å². The summed E-state index contributed by atoms with van der Waals surface area (Å²) in [4.78, 5) is 0. The molecule has 236 valence electrons. The normalized spacial score (nSPS) is 13.3. The predicted octanol–water partition coefficient (Wildman–Crippen LogP) is 13.4. The number of hydrogen-bond donors (Lipinski definition) is 0. The maximum Gasteiger partial charge on any atom is 0.0714 e. The van der Waals surface area contributed by atoms with E-state index in [1.54, 1.807) is 0 Å². The molecular formula is C51H32. The molecule has 0 fully saturated rings. The van der Waals surface area contributed by atoms with Gasteiger partial charge in [-0.1, -0.05) is 164 Å². The third kappa shape index (κ3) is 4.02. The summed E-state index contributed by atoms with van der Waals surface area (Å²) in [5.74, 6) is 0. The minimum absolute atomic E-state index is 0.490. The highest BCUT2D eigenvalue weighted by Gasteiger charge is 2.46. The van der Waals surface area contributed by atoms with Gasteiger partial charge in [-0.15, -0.1) is 0 Å². The molecule has 0 saturated carbocycles. The van der Waals surface area contributed by atoms with E-state index in [2.05, 4.69) is 194 Å². The van der Waals surface area contributed by atoms with E-state index in [4.69, 9.17) is 0 Å². The van der Waals surface area contributed by atoms with Crippen LogP contribution in [-0.4, -0.2) is 0 Å². The molecule has 0 heterocycles. The molecule has 1 aliphatic carbocycles. The van der Waals surface area contributed by atoms with Crippen LogP contribution >= 0.6 is 0 Å². The second-order valence-corrected chi connectivity index (χ2v) is 14.0. The second-order valence-electron chi connectivity index (χ2n) is 14.0. The summed E-state index contributed by atoms with van der Waals surface area (Å²) >= 11 is 0. The van der Waals surface area contributed by atoms with Crippen molar-refractivity contribution in [3.05, 3.63) is 216 Å². The van der Waals surface area contributed by atoms with Gasteiger partial charge in [0, 0.05) is 0 Å². The molecule has 1 aliphatic rings. The standard InChI is InChI=1S/C51H32/c1-4-12-33(13-5-1)43-21-11-16-37-31-48-46(32-45(37)43)44-27-26-36(30-47(44)51(48,41-17-6-2-7-18-41)42-19-8-3-9-20-42)40-28-38-24-22-34-14-10-15-35-23-25-39(29-40)50(38)49(34)35/h1-32H. The van der Waals surface area contributed by atoms with Gasteiger partial charge in [0.05, 0.1) is 5.41 Å². The van der Waals surface area contributed by atoms with E-state index >= 15 is 0 Å². The van der Waals surface area contributed by atoms with Gasteiger partial charge < -0.3 is 0 Å². The molecular weight excluding hydrogens is 613 g/mol. The third-order valence-electron chi connectivity index (χ3n) is 11.4. The van der Waals surface area contributed by atoms with Crippen molar-refractivity contribution in [3.63, 3.8) is 0 Å². The highest BCUT2D eigenvalue weighted by atomic mass is 14.5. The number of benzene rings is 10. The van der Waals surface area contributed by atoms with E-state index in [1.165, 1.54) is 98.7 Å². The fraction of sp³-hybridized carbons (Fsp3) is 0.0196. The Morgan fingerprint density at radius 2 is 0.824 bits per heavy atom. The van der Waals surface area contributed by atoms with Gasteiger partial charge >= 0.3 is 0 Å². The minimum Gasteiger partial charge on any atom is -0.0622 e. The summed E-state index contributed by atoms with van der Waals surface area (Å²) in [7, 11) is 0. The van der Waals surface area contributed by atoms with Gasteiger partial charge in [0.15, 0.2) is 0 Å². The maximum absolute atomic E-state index is 2.49. The van der Waals surface area contributed by atoms with Gasteiger partial charge in [0.2, 0.25) is 0 Å². The van der Waals surface area contributed by atoms with Crippen LogP contribution in [0, 0.1) is 0 Å². The maximum atomic E-state index is 2.49. The van der Waals surface area contributed by atoms with E-state index in [0.717, 1.165) is 0 Å². The predicted molar refractivity (Wildman–Crippen MR) is 216 cm³/mol. The number of rotatable bonds is 4. The lowest BCUT2D eigenvalue weighted by Crippen LogP contribution is -2.28. The van der Waals surface area contributed by atoms with Crippen LogP contribution < -0.4 is 0 Å². The molecule has 0 radical (unpaired) electrons. The van der Waals surface area contributed by atoms with Crippen molar-refractivity contribution in [2.24, 2.45) is 0 Å². The van der Waals surface area contributed by atoms with Gasteiger partial charge in [-0.2, -0.15) is 0 Å². The summed E-state index contributed by atoms with van der Waals surface area (Å²) in [5, 5.41) is 10.4. The first-order chi connectivity index (χ1) is 25.3. The van der Waals surface area contributed by atoms with E-state index in [9.17, 15) is 0 Å². The third-order valence-corrected chi connectivity index (χ3v) is 11.4. The van der Waals surface area contributed by atoms with Crippen molar-refractivity contribution in [2.75, 3.05) is 0 Å². The first-order valence-electron chi connectivity index (χ1n) is 17.8. The Morgan fingerprint density at radius 1 is 0.275 bits per heavy atom. The minimum atomic E-state index is -0.490. The SMILES string of the molecule is c1ccc(-c2cccc3cc4c(cc23)-c2ccc(-c3cc5ccc6cccc7ccc(c3)c5c67)cc2C4(c2ccccc2)c2ccccc2)cc1. The molecule has 0 heteroatoms. The van der Waals surface area contributed by atoms with E-state index in [0.29, 0.717) is 0 Å². The molecule has 0 aliphatic heterocycles. The summed E-state index contributed by atoms with van der Waals surface area (Å²) < 4.78 is 0. The number of hydrogen-bond acceptors (Lipinski definition) is 0. The summed E-state index contributed by atoms with van der Waals surface area (Å²) in [6, 6.07) is 72.5. The molecule has 0 atom stereocenters. The van der Waals surface area contributed by atoms with E-state index < -0.39 is 5.41 Å². The van der Waals surface area contributed by atoms with Gasteiger partial charge in [0.25, 0.3) is 0 Å². The van der Waals surface area contributed by atoms with Crippen molar-refractivity contribution < 1.29 is 0 Å². The summed E-state index contributed by atoms with van der Waals surface area (Å²) in [6.45, 7) is 0. The molecule has 0 aromatic heterocycles. The molecule has 0 spiro atoms. The Bertz CT molecular complexity index is 2830. The lowest BCUT2D eigenvalue weighted by molar-refractivity contribution is 0.770. The average Bonchev–Trinajstić information content (AvgIpc) is 3.49. The fourth-order valence-corrected chi connectivity index (χ4v) is 9.23. The van der Waals surface area contributed by atoms with Crippen LogP contribution in [0.3, 0.4) is 0 Å². The molecule has 0 unspecified atom stereocenters. The Hall–Kier alpha value is -6.50. The average molecular weight is 645 g/mol. The van der Waals surface area contributed by atoms with Crippen LogP contribution in [0.1, 0.15) is 22.3 Å². The molecule has 0 bridgehead atoms. The Morgan fingerprint density at radius 3 is 1.49 bits per heavy atom. The lowest BCUT2D eigenvalue weighted by atomic mass is 9.67. The molecule has 10 aromatic carbocycles. The zero-order chi connectivity index (χ0) is 33.5. The van der Waals surface area contributed by atoms with Crippen molar-refractivity contribution >= 4 is 43.1 Å². The van der Waals surface area contributed by atoms with Gasteiger partial charge in [-0.3, -0.25) is 0 Å². The highest BCUT2D eigenvalue weighted by Crippen LogP contribution is 2.58. The van der Waals surface area contributed by atoms with E-state index in [1.807, 2.05) is 0 Å². The highest BCUT2D eigenvalue weighted by molar-refractivity contribution is 6.23. The molecule has 10 aromatic rings. The van der Waals surface area contributed by atoms with Crippen LogP contribution in [0.25, 0.3) is 76.5 Å². The smallest absolute Gasteiger partial charge is 0.0622 e. The second kappa shape index (κ2) is 10.7. The zero-order valence-electron chi connectivity index (χ0n) is 28.0. The first-order valence-corrected chi connectivity index (χ1v) is 17.8. The molecule has 0 amide bonds. The van der Waals surface area contributed by atoms with E-state index in [-0.39, 0.29) is 0 Å². The Balaban J connectivity index is 1.22. The Kier molecular flexibility index (Phi) is 5.97. The largest absolute Gasteiger partial charge is 0.0714 e. The quantitative estimate of drug-likeness (QED) is 0.167. The number of fused-ring (bicyclic) bond motifs is 4. The molecule has 11 rings (SSSR count). The van der Waals surface area contributed by atoms with Crippen LogP contribution in [0.2, 0.25) is 0 Å². The van der Waals surface area contributed by atoms with Crippen molar-refractivity contribution in [3.8, 4) is 33.4 Å². The lowest BCUT2D eigenvalue weighted by Gasteiger charge is -2.34. The molecule has 0 nitrogen and oxygen atoms in total. The first kappa shape index (κ1) is 28.3.